The summed E-state index contributed by atoms with van der Waals surface area (Å²) in [5.74, 6) is -0.253. The van der Waals surface area contributed by atoms with E-state index in [2.05, 4.69) is 4.98 Å². The average Bonchev–Trinajstić information content (AvgIpc) is 2.37. The Morgan fingerprint density at radius 1 is 1.35 bits per heavy atom. The van der Waals surface area contributed by atoms with Gasteiger partial charge in [-0.15, -0.1) is 0 Å². The largest absolute Gasteiger partial charge is 0.336 e. The summed E-state index contributed by atoms with van der Waals surface area (Å²) in [7, 11) is -3.70. The van der Waals surface area contributed by atoms with E-state index in [1.165, 1.54) is 6.20 Å². The maximum Gasteiger partial charge on any atom is 0.277 e. The van der Waals surface area contributed by atoms with Crippen molar-refractivity contribution in [3.63, 3.8) is 0 Å². The van der Waals surface area contributed by atoms with Gasteiger partial charge in [-0.05, 0) is 13.0 Å². The van der Waals surface area contributed by atoms with Crippen molar-refractivity contribution in [1.29, 1.82) is 0 Å². The zero-order valence-electron chi connectivity index (χ0n) is 10.9. The Balaban J connectivity index is 2.09. The Hall–Kier alpha value is -1.22. The molecule has 2 heterocycles. The first-order valence-electron chi connectivity index (χ1n) is 5.98. The number of carbonyl (C=O) groups is 1. The fourth-order valence-corrected chi connectivity index (χ4v) is 2.96. The highest BCUT2D eigenvalue weighted by Gasteiger charge is 2.27. The molecule has 2 rings (SSSR count). The molecule has 0 unspecified atom stereocenters. The molecule has 0 atom stereocenters. The number of aromatic nitrogens is 1. The minimum absolute atomic E-state index is 0.182. The van der Waals surface area contributed by atoms with Gasteiger partial charge in [-0.1, -0.05) is 11.6 Å². The summed E-state index contributed by atoms with van der Waals surface area (Å²) >= 11 is 6.03. The quantitative estimate of drug-likeness (QED) is 0.830. The van der Waals surface area contributed by atoms with Crippen molar-refractivity contribution in [1.82, 2.24) is 14.2 Å². The van der Waals surface area contributed by atoms with Gasteiger partial charge in [0.05, 0.1) is 10.6 Å². The third-order valence-corrected chi connectivity index (χ3v) is 4.50. The lowest BCUT2D eigenvalue weighted by molar-refractivity contribution is 0.0697. The molecular formula is C11H15ClN4O3S. The van der Waals surface area contributed by atoms with Crippen LogP contribution in [0.1, 0.15) is 16.1 Å². The van der Waals surface area contributed by atoms with Gasteiger partial charge >= 0.3 is 0 Å². The molecule has 1 amide bonds. The van der Waals surface area contributed by atoms with E-state index in [-0.39, 0.29) is 32.1 Å². The van der Waals surface area contributed by atoms with Gasteiger partial charge in [-0.25, -0.2) is 5.14 Å². The second-order valence-electron chi connectivity index (χ2n) is 4.54. The van der Waals surface area contributed by atoms with Crippen LogP contribution >= 0.6 is 11.6 Å². The smallest absolute Gasteiger partial charge is 0.277 e. The highest BCUT2D eigenvalue weighted by Crippen LogP contribution is 2.18. The van der Waals surface area contributed by atoms with Crippen molar-refractivity contribution >= 4 is 27.7 Å². The van der Waals surface area contributed by atoms with E-state index in [4.69, 9.17) is 16.7 Å². The van der Waals surface area contributed by atoms with E-state index in [9.17, 15) is 13.2 Å². The van der Waals surface area contributed by atoms with Crippen LogP contribution in [0.5, 0.6) is 0 Å². The molecule has 1 aliphatic heterocycles. The first-order chi connectivity index (χ1) is 9.29. The molecule has 0 spiro atoms. The number of amides is 1. The fourth-order valence-electron chi connectivity index (χ4n) is 2.00. The van der Waals surface area contributed by atoms with E-state index in [0.717, 1.165) is 10.00 Å². The predicted octanol–water partition coefficient (Wildman–Crippen LogP) is 0.00472. The monoisotopic (exact) mass is 318 g/mol. The maximum absolute atomic E-state index is 12.3. The Morgan fingerprint density at radius 2 is 1.95 bits per heavy atom. The molecule has 0 aliphatic carbocycles. The SMILES string of the molecule is Cc1cc(Cl)c(C(=O)N2CCN(S(N)(=O)=O)CC2)cn1. The van der Waals surface area contributed by atoms with Crippen LogP contribution < -0.4 is 5.14 Å². The number of aryl methyl sites for hydroxylation is 1. The lowest BCUT2D eigenvalue weighted by atomic mass is 10.2. The lowest BCUT2D eigenvalue weighted by Crippen LogP contribution is -2.52. The van der Waals surface area contributed by atoms with Crippen LogP contribution in [0.3, 0.4) is 0 Å². The van der Waals surface area contributed by atoms with E-state index >= 15 is 0 Å². The molecule has 0 saturated carbocycles. The van der Waals surface area contributed by atoms with E-state index in [1.807, 2.05) is 0 Å². The summed E-state index contributed by atoms with van der Waals surface area (Å²) in [4.78, 5) is 17.9. The Labute approximate surface area is 122 Å². The van der Waals surface area contributed by atoms with Gasteiger partial charge in [0.15, 0.2) is 0 Å². The number of rotatable bonds is 2. The number of halogens is 1. The third kappa shape index (κ3) is 3.26. The molecule has 1 aromatic heterocycles. The van der Waals surface area contributed by atoms with Gasteiger partial charge in [0.1, 0.15) is 0 Å². The third-order valence-electron chi connectivity index (χ3n) is 3.11. The Bertz CT molecular complexity index is 627. The highest BCUT2D eigenvalue weighted by molar-refractivity contribution is 7.86. The molecule has 2 N–H and O–H groups in total. The second kappa shape index (κ2) is 5.65. The molecule has 1 fully saturated rings. The molecule has 20 heavy (non-hydrogen) atoms. The summed E-state index contributed by atoms with van der Waals surface area (Å²) < 4.78 is 23.5. The minimum atomic E-state index is -3.70. The second-order valence-corrected chi connectivity index (χ2v) is 6.50. The van der Waals surface area contributed by atoms with Crippen LogP contribution in [0.4, 0.5) is 0 Å². The molecule has 1 aliphatic rings. The summed E-state index contributed by atoms with van der Waals surface area (Å²) in [5, 5.41) is 5.39. The van der Waals surface area contributed by atoms with Crippen molar-refractivity contribution in [2.45, 2.75) is 6.92 Å². The first kappa shape index (κ1) is 15.2. The summed E-state index contributed by atoms with van der Waals surface area (Å²) in [6.45, 7) is 2.70. The van der Waals surface area contributed by atoms with Gasteiger partial charge in [0.2, 0.25) is 0 Å². The Morgan fingerprint density at radius 3 is 2.45 bits per heavy atom. The number of carbonyl (C=O) groups excluding carboxylic acids is 1. The first-order valence-corrected chi connectivity index (χ1v) is 7.86. The Kier molecular flexibility index (Phi) is 4.28. The maximum atomic E-state index is 12.3. The molecule has 7 nitrogen and oxygen atoms in total. The van der Waals surface area contributed by atoms with E-state index in [1.54, 1.807) is 17.9 Å². The van der Waals surface area contributed by atoms with Crippen molar-refractivity contribution in [2.75, 3.05) is 26.2 Å². The standard InChI is InChI=1S/C11H15ClN4O3S/c1-8-6-10(12)9(7-14-8)11(17)15-2-4-16(5-3-15)20(13,18)19/h6-7H,2-5H2,1H3,(H2,13,18,19). The number of piperazine rings is 1. The van der Waals surface area contributed by atoms with Crippen LogP contribution in [0.25, 0.3) is 0 Å². The minimum Gasteiger partial charge on any atom is -0.336 e. The van der Waals surface area contributed by atoms with Crippen molar-refractivity contribution in [2.24, 2.45) is 5.14 Å². The van der Waals surface area contributed by atoms with Crippen LogP contribution in [0.15, 0.2) is 12.3 Å². The summed E-state index contributed by atoms with van der Waals surface area (Å²) in [6, 6.07) is 1.62. The summed E-state index contributed by atoms with van der Waals surface area (Å²) in [6.07, 6.45) is 1.44. The van der Waals surface area contributed by atoms with Gasteiger partial charge in [0, 0.05) is 38.1 Å². The summed E-state index contributed by atoms with van der Waals surface area (Å²) in [5.41, 5.74) is 1.05. The molecular weight excluding hydrogens is 304 g/mol. The zero-order chi connectivity index (χ0) is 14.9. The van der Waals surface area contributed by atoms with Crippen molar-refractivity contribution < 1.29 is 13.2 Å². The number of nitrogens with zero attached hydrogens (tertiary/aromatic N) is 3. The zero-order valence-corrected chi connectivity index (χ0v) is 12.5. The fraction of sp³-hybridized carbons (Fsp3) is 0.455. The molecule has 0 radical (unpaired) electrons. The predicted molar refractivity (Wildman–Crippen MR) is 74.6 cm³/mol. The van der Waals surface area contributed by atoms with Gasteiger partial charge < -0.3 is 4.90 Å². The van der Waals surface area contributed by atoms with Gasteiger partial charge in [-0.3, -0.25) is 9.78 Å². The van der Waals surface area contributed by atoms with Crippen LogP contribution in [-0.2, 0) is 10.2 Å². The normalized spacial score (nSPS) is 17.2. The van der Waals surface area contributed by atoms with Crippen molar-refractivity contribution in [3.8, 4) is 0 Å². The number of hydrogen-bond acceptors (Lipinski definition) is 4. The highest BCUT2D eigenvalue weighted by atomic mass is 35.5. The number of hydrogen-bond donors (Lipinski definition) is 1. The molecule has 110 valence electrons. The lowest BCUT2D eigenvalue weighted by Gasteiger charge is -2.33. The average molecular weight is 319 g/mol. The molecule has 9 heteroatoms. The van der Waals surface area contributed by atoms with Crippen LogP contribution in [0.2, 0.25) is 5.02 Å². The number of nitrogens with two attached hydrogens (primary N) is 1. The number of pyridine rings is 1. The van der Waals surface area contributed by atoms with E-state index < -0.39 is 10.2 Å². The van der Waals surface area contributed by atoms with E-state index in [0.29, 0.717) is 10.6 Å². The van der Waals surface area contributed by atoms with Gasteiger partial charge in [-0.2, -0.15) is 12.7 Å². The van der Waals surface area contributed by atoms with Crippen molar-refractivity contribution in [3.05, 3.63) is 28.5 Å². The van der Waals surface area contributed by atoms with Crippen LogP contribution in [0, 0.1) is 6.92 Å². The molecule has 0 aromatic carbocycles. The van der Waals surface area contributed by atoms with Crippen LogP contribution in [-0.4, -0.2) is 54.7 Å². The molecule has 1 saturated heterocycles. The van der Waals surface area contributed by atoms with Gasteiger partial charge in [0.25, 0.3) is 16.1 Å². The molecule has 1 aromatic rings. The topological polar surface area (TPSA) is 96.6 Å². The molecule has 0 bridgehead atoms.